The lowest BCUT2D eigenvalue weighted by molar-refractivity contribution is -0.142. The van der Waals surface area contributed by atoms with Crippen LogP contribution in [0.3, 0.4) is 0 Å². The average molecular weight is 1930 g/mol. The molecule has 3 rings (SSSR count). The van der Waals surface area contributed by atoms with E-state index >= 15 is 19.2 Å². The molecule has 0 fully saturated rings. The Hall–Kier alpha value is -14.8. The van der Waals surface area contributed by atoms with Gasteiger partial charge in [-0.3, -0.25) is 99.0 Å². The molecule has 0 radical (unpaired) electrons. The Morgan fingerprint density at radius 1 is 0.328 bits per heavy atom. The van der Waals surface area contributed by atoms with E-state index < -0.39 is 229 Å². The number of rotatable bonds is 70. The van der Waals surface area contributed by atoms with E-state index in [-0.39, 0.29) is 166 Å². The highest BCUT2D eigenvalue weighted by Gasteiger charge is 2.39. The van der Waals surface area contributed by atoms with Gasteiger partial charge >= 0.3 is 5.97 Å². The minimum Gasteiger partial charge on any atom is -0.508 e. The van der Waals surface area contributed by atoms with Crippen LogP contribution in [0.15, 0.2) is 67.1 Å². The Kier molecular flexibility index (Phi) is 55.1. The number of nitrogens with zero attached hydrogens (tertiary/aromatic N) is 1. The topological polar surface area (TPSA) is 964 Å². The van der Waals surface area contributed by atoms with Crippen molar-refractivity contribution in [2.45, 2.75) is 239 Å². The summed E-state index contributed by atoms with van der Waals surface area (Å²) in [5.41, 5.74) is 63.3. The number of guanidine groups is 5. The highest BCUT2D eigenvalue weighted by Crippen LogP contribution is 2.17. The molecule has 54 heteroatoms. The molecule has 3 aromatic rings. The molecule has 15 amide bonds. The van der Waals surface area contributed by atoms with Gasteiger partial charge in [0.25, 0.3) is 0 Å². The van der Waals surface area contributed by atoms with Crippen molar-refractivity contribution < 1.29 is 86.9 Å². The number of amides is 15. The molecular weight excluding hydrogens is 1790 g/mol. The first-order valence-electron chi connectivity index (χ1n) is 44.9. The minimum absolute atomic E-state index is 0.00761. The van der Waals surface area contributed by atoms with Crippen LogP contribution < -0.4 is 159 Å². The van der Waals surface area contributed by atoms with Crippen molar-refractivity contribution in [3.8, 4) is 5.75 Å². The molecule has 54 nitrogen and oxygen atoms in total. The van der Waals surface area contributed by atoms with Crippen LogP contribution in [0.4, 0.5) is 0 Å². The Bertz CT molecular complexity index is 4440. The number of aromatic hydroxyl groups is 1. The Labute approximate surface area is 791 Å². The van der Waals surface area contributed by atoms with E-state index in [1.807, 2.05) is 0 Å². The van der Waals surface area contributed by atoms with Crippen LogP contribution in [-0.4, -0.2) is 282 Å². The minimum atomic E-state index is -1.99. The molecule has 0 aliphatic carbocycles. The molecule has 0 spiro atoms. The number of phenolic OH excluding ortho intramolecular Hbond substituents is 1. The van der Waals surface area contributed by atoms with E-state index in [1.165, 1.54) is 36.8 Å². The second-order valence-electron chi connectivity index (χ2n) is 32.2. The molecule has 0 saturated heterocycles. The van der Waals surface area contributed by atoms with Crippen molar-refractivity contribution in [2.75, 3.05) is 58.9 Å². The molecule has 1 aromatic heterocycles. The maximum absolute atomic E-state index is 15.2. The number of hydrogen-bond acceptors (Lipinski definition) is 27. The number of phenols is 1. The monoisotopic (exact) mass is 1930 g/mol. The number of hydrogen-bond donors (Lipinski definition) is 37. The molecule has 48 N–H and O–H groups in total. The standard InChI is InChI=1S/C83H140N36O18/c84-31-7-4-17-50(87)66(124)109-52(19-6-9-33-86)68(126)115-57(29-30-63(88)121)73(131)111-54(21-11-35-102-80(92)93)70(128)117-60(39-46-15-2-1-3-16-46)75(133)112-55(22-12-36-103-81(94)95)71(129)118-61(41-48-43-100-45-107-48)76(134)113-56(23-13-37-104-82(96)97)72(130)119-62(42-64(89)122)77(135)114-53(20-10-34-101-79(90)91)69(127)110-51(18-5-8-32-85)67(125)106-44-65(123)108-59(40-47-25-27-49(120)28-26-47)74(132)116-58(78(136)137)24-14-38-105-83(98)99/h1-3,15-16,25-28,43,45,50-62,120H,4-14,17-24,29-42,44,84-87H2,(H2,88,121)(H2,89,122)(H,100,107)(H,106,125)(H,108,123)(H,109,124)(H,110,127)(H,111,131)(H,112,133)(H,113,134)(H,114,135)(H,115,126)(H,116,132)(H,117,128)(H,118,129)(H,119,130)(H,136,137)(H4,90,91,101)(H4,92,93,102)(H4,94,95,103)(H4,96,97,104)(H4,98,99,105)/t50-,51-,52-,53-,54-,55-,56-,57-,58-,59-,60-,61-,62-/m0/s1. The number of benzene rings is 2. The lowest BCUT2D eigenvalue weighted by atomic mass is 10.0. The number of aromatic nitrogens is 2. The van der Waals surface area contributed by atoms with Gasteiger partial charge in [-0.1, -0.05) is 48.9 Å². The molecule has 760 valence electrons. The van der Waals surface area contributed by atoms with E-state index in [0.29, 0.717) is 49.8 Å². The summed E-state index contributed by atoms with van der Waals surface area (Å²) in [6.45, 7) is -0.362. The van der Waals surface area contributed by atoms with Gasteiger partial charge in [-0.25, -0.2) is 9.78 Å². The van der Waals surface area contributed by atoms with Crippen molar-refractivity contribution >= 4 is 124 Å². The summed E-state index contributed by atoms with van der Waals surface area (Å²) < 4.78 is 0. The van der Waals surface area contributed by atoms with E-state index in [4.69, 9.17) is 90.1 Å². The maximum Gasteiger partial charge on any atom is 0.326 e. The normalized spacial score (nSPS) is 13.7. The van der Waals surface area contributed by atoms with Gasteiger partial charge in [0.1, 0.15) is 78.3 Å². The largest absolute Gasteiger partial charge is 0.508 e. The lowest BCUT2D eigenvalue weighted by Gasteiger charge is -2.28. The van der Waals surface area contributed by atoms with Crippen molar-refractivity contribution in [3.63, 3.8) is 0 Å². The summed E-state index contributed by atoms with van der Waals surface area (Å²) in [7, 11) is 0. The third kappa shape index (κ3) is 49.6. The highest BCUT2D eigenvalue weighted by molar-refractivity contribution is 6.01. The maximum atomic E-state index is 15.2. The van der Waals surface area contributed by atoms with Crippen LogP contribution in [0.2, 0.25) is 0 Å². The van der Waals surface area contributed by atoms with Crippen molar-refractivity contribution in [3.05, 3.63) is 83.9 Å². The number of primary amides is 2. The molecule has 1 heterocycles. The number of carbonyl (C=O) groups excluding carboxylic acids is 15. The number of aliphatic carboxylic acids is 1. The summed E-state index contributed by atoms with van der Waals surface area (Å²) in [4.78, 5) is 233. The zero-order chi connectivity index (χ0) is 102. The Morgan fingerprint density at radius 3 is 0.993 bits per heavy atom. The van der Waals surface area contributed by atoms with Crippen LogP contribution in [0.25, 0.3) is 0 Å². The van der Waals surface area contributed by atoms with Crippen molar-refractivity contribution in [2.24, 2.45) is 63.1 Å². The van der Waals surface area contributed by atoms with Crippen LogP contribution in [-0.2, 0) is 96.0 Å². The fourth-order valence-electron chi connectivity index (χ4n) is 13.6. The van der Waals surface area contributed by atoms with Crippen LogP contribution in [0.1, 0.15) is 158 Å². The van der Waals surface area contributed by atoms with Gasteiger partial charge in [0.2, 0.25) is 88.6 Å². The number of carboxylic acid groups (broad SMARTS) is 1. The van der Waals surface area contributed by atoms with Gasteiger partial charge in [0.15, 0.2) is 29.8 Å². The molecule has 137 heavy (non-hydrogen) atoms. The number of unbranched alkanes of at least 4 members (excludes halogenated alkanes) is 3. The van der Waals surface area contributed by atoms with E-state index in [1.54, 1.807) is 30.3 Å². The molecule has 0 aliphatic rings. The smallest absolute Gasteiger partial charge is 0.326 e. The summed E-state index contributed by atoms with van der Waals surface area (Å²) in [5.74, 6) is -19.1. The van der Waals surface area contributed by atoms with E-state index in [0.717, 1.165) is 0 Å². The molecular formula is C83H140N36O18. The highest BCUT2D eigenvalue weighted by atomic mass is 16.4. The van der Waals surface area contributed by atoms with Crippen LogP contribution in [0.5, 0.6) is 5.75 Å². The third-order valence-electron chi connectivity index (χ3n) is 20.9. The molecule has 0 aliphatic heterocycles. The number of carboxylic acids is 1. The number of imidazole rings is 1. The van der Waals surface area contributed by atoms with Crippen molar-refractivity contribution in [1.29, 1.82) is 27.0 Å². The summed E-state index contributed by atoms with van der Waals surface area (Å²) in [6.07, 6.45) is 0.738. The fraction of sp³-hybridized carbons (Fsp3) is 0.566. The lowest BCUT2D eigenvalue weighted by Crippen LogP contribution is -2.61. The molecule has 2 aromatic carbocycles. The van der Waals surface area contributed by atoms with Gasteiger partial charge in [0.05, 0.1) is 25.3 Å². The van der Waals surface area contributed by atoms with Gasteiger partial charge in [-0.05, 0) is 165 Å². The summed E-state index contributed by atoms with van der Waals surface area (Å²) in [6, 6.07) is -6.82. The zero-order valence-electron chi connectivity index (χ0n) is 76.6. The van der Waals surface area contributed by atoms with Gasteiger partial charge in [-0.2, -0.15) is 0 Å². The fourth-order valence-corrected chi connectivity index (χ4v) is 13.6. The second kappa shape index (κ2) is 64.9. The first kappa shape index (κ1) is 116. The van der Waals surface area contributed by atoms with Crippen molar-refractivity contribution in [1.82, 2.24) is 106 Å². The first-order chi connectivity index (χ1) is 65.1. The average Bonchev–Trinajstić information content (AvgIpc) is 1.82. The SMILES string of the molecule is N=C(N)NCCC[C@H](NC(=O)[C@H](Cc1ccc(O)cc1)NC(=O)CNC(=O)[C@H](CCCCN)NC(=O)[C@H](CCCNC(=N)N)NC(=O)[C@H](CC(N)=O)NC(=O)[C@H](CCCNC(=N)N)NC(=O)[C@H](Cc1cnc[nH]1)NC(=O)[C@H](CCCNC(=N)N)NC(=O)[C@H](Cc1ccccc1)NC(=O)[C@H](CCCNC(=N)N)NC(=O)[C@H](CCC(N)=O)NC(=O)[C@H](CCCCN)NC(=O)[C@@H](N)CCCCN)C(=O)O. The number of carbonyl (C=O) groups is 16. The number of aromatic amines is 1. The van der Waals surface area contributed by atoms with Crippen LogP contribution in [0, 0.1) is 27.0 Å². The van der Waals surface area contributed by atoms with Gasteiger partial charge in [-0.15, -0.1) is 0 Å². The van der Waals surface area contributed by atoms with E-state index in [9.17, 15) is 67.7 Å². The summed E-state index contributed by atoms with van der Waals surface area (Å²) >= 11 is 0. The predicted octanol–water partition coefficient (Wildman–Crippen LogP) is -10.7. The predicted molar refractivity (Wildman–Crippen MR) is 503 cm³/mol. The molecule has 0 bridgehead atoms. The van der Waals surface area contributed by atoms with Gasteiger partial charge < -0.3 is 174 Å². The molecule has 0 unspecified atom stereocenters. The zero-order valence-corrected chi connectivity index (χ0v) is 76.6. The molecule has 13 atom stereocenters. The van der Waals surface area contributed by atoms with E-state index in [2.05, 4.69) is 106 Å². The van der Waals surface area contributed by atoms with Crippen LogP contribution >= 0.6 is 0 Å². The Morgan fingerprint density at radius 2 is 0.635 bits per heavy atom. The second-order valence-corrected chi connectivity index (χ2v) is 32.2. The number of nitrogens with two attached hydrogens (primary N) is 11. The third-order valence-corrected chi connectivity index (χ3v) is 20.9. The summed E-state index contributed by atoms with van der Waals surface area (Å²) in [5, 5.41) is 104. The number of nitrogens with one attached hydrogen (secondary N) is 24. The van der Waals surface area contributed by atoms with Gasteiger partial charge in [0, 0.05) is 70.3 Å². The molecule has 0 saturated carbocycles. The quantitative estimate of drug-likeness (QED) is 0.0142. The number of H-pyrrole nitrogens is 1. The first-order valence-corrected chi connectivity index (χ1v) is 44.9. The Balaban J connectivity index is 2.11.